The van der Waals surface area contributed by atoms with Crippen LogP contribution in [-0.4, -0.2) is 20.2 Å². The first kappa shape index (κ1) is 18.4. The maximum Gasteiger partial charge on any atom is 0.263 e. The fourth-order valence-electron chi connectivity index (χ4n) is 2.88. The van der Waals surface area contributed by atoms with Gasteiger partial charge in [0.1, 0.15) is 5.84 Å². The number of aliphatic imine (C=N–C) groups is 1. The van der Waals surface area contributed by atoms with E-state index in [1.54, 1.807) is 41.7 Å². The van der Waals surface area contributed by atoms with Crippen LogP contribution in [0, 0.1) is 0 Å². The van der Waals surface area contributed by atoms with Crippen molar-refractivity contribution in [1.82, 2.24) is 10.0 Å². The zero-order chi connectivity index (χ0) is 19.6. The molecule has 28 heavy (non-hydrogen) atoms. The first-order chi connectivity index (χ1) is 13.5. The SMILES string of the molecule is O=C(NCc1cccs1)c1ccc2c(c1)C(NS(=O)(=O)c1ccccc1)=NC2. The van der Waals surface area contributed by atoms with Crippen LogP contribution in [-0.2, 0) is 23.1 Å². The highest BCUT2D eigenvalue weighted by Crippen LogP contribution is 2.21. The lowest BCUT2D eigenvalue weighted by Crippen LogP contribution is -2.31. The average Bonchev–Trinajstić information content (AvgIpc) is 3.36. The molecule has 2 aromatic carbocycles. The molecular formula is C20H17N3O3S2. The van der Waals surface area contributed by atoms with Gasteiger partial charge in [0.2, 0.25) is 0 Å². The minimum absolute atomic E-state index is 0.163. The summed E-state index contributed by atoms with van der Waals surface area (Å²) in [7, 11) is -3.74. The topological polar surface area (TPSA) is 87.6 Å². The van der Waals surface area contributed by atoms with Crippen molar-refractivity contribution < 1.29 is 13.2 Å². The van der Waals surface area contributed by atoms with Crippen molar-refractivity contribution in [1.29, 1.82) is 0 Å². The van der Waals surface area contributed by atoms with Crippen molar-refractivity contribution in [2.45, 2.75) is 18.0 Å². The number of hydrogen-bond donors (Lipinski definition) is 2. The summed E-state index contributed by atoms with van der Waals surface area (Å²) < 4.78 is 27.7. The van der Waals surface area contributed by atoms with Crippen LogP contribution in [0.4, 0.5) is 0 Å². The van der Waals surface area contributed by atoms with Gasteiger partial charge in [0.15, 0.2) is 0 Å². The van der Waals surface area contributed by atoms with Crippen molar-refractivity contribution in [2.75, 3.05) is 0 Å². The van der Waals surface area contributed by atoms with Crippen LogP contribution in [0.2, 0.25) is 0 Å². The molecule has 0 bridgehead atoms. The molecule has 0 unspecified atom stereocenters. The molecule has 2 N–H and O–H groups in total. The van der Waals surface area contributed by atoms with Gasteiger partial charge in [-0.2, -0.15) is 0 Å². The molecule has 8 heteroatoms. The van der Waals surface area contributed by atoms with Gasteiger partial charge in [0.25, 0.3) is 15.9 Å². The predicted molar refractivity (Wildman–Crippen MR) is 109 cm³/mol. The number of thiophene rings is 1. The minimum Gasteiger partial charge on any atom is -0.347 e. The molecule has 1 aliphatic heterocycles. The number of amidine groups is 1. The van der Waals surface area contributed by atoms with Gasteiger partial charge < -0.3 is 5.32 Å². The van der Waals surface area contributed by atoms with Crippen LogP contribution in [0.1, 0.15) is 26.4 Å². The third kappa shape index (κ3) is 3.83. The molecular weight excluding hydrogens is 394 g/mol. The van der Waals surface area contributed by atoms with Crippen LogP contribution >= 0.6 is 11.3 Å². The molecule has 1 aromatic heterocycles. The van der Waals surface area contributed by atoms with Crippen molar-refractivity contribution in [3.63, 3.8) is 0 Å². The largest absolute Gasteiger partial charge is 0.347 e. The number of nitrogens with one attached hydrogen (secondary N) is 2. The molecule has 142 valence electrons. The second kappa shape index (κ2) is 7.57. The molecule has 0 saturated heterocycles. The highest BCUT2D eigenvalue weighted by molar-refractivity contribution is 7.90. The second-order valence-electron chi connectivity index (χ2n) is 6.22. The quantitative estimate of drug-likeness (QED) is 0.677. The van der Waals surface area contributed by atoms with Crippen molar-refractivity contribution in [3.05, 3.63) is 87.6 Å². The number of carbonyl (C=O) groups is 1. The zero-order valence-electron chi connectivity index (χ0n) is 14.8. The molecule has 0 spiro atoms. The van der Waals surface area contributed by atoms with E-state index in [4.69, 9.17) is 0 Å². The van der Waals surface area contributed by atoms with Crippen LogP contribution in [0.3, 0.4) is 0 Å². The third-order valence-corrected chi connectivity index (χ3v) is 6.55. The zero-order valence-corrected chi connectivity index (χ0v) is 16.4. The molecule has 3 aromatic rings. The molecule has 0 aliphatic carbocycles. The van der Waals surface area contributed by atoms with E-state index in [1.165, 1.54) is 12.1 Å². The Kier molecular flexibility index (Phi) is 4.97. The van der Waals surface area contributed by atoms with E-state index >= 15 is 0 Å². The van der Waals surface area contributed by atoms with Gasteiger partial charge in [-0.15, -0.1) is 11.3 Å². The summed E-state index contributed by atoms with van der Waals surface area (Å²) in [6.45, 7) is 0.828. The van der Waals surface area contributed by atoms with E-state index in [0.717, 1.165) is 10.4 Å². The number of hydrogen-bond acceptors (Lipinski definition) is 5. The number of benzene rings is 2. The molecule has 1 aliphatic rings. The first-order valence-corrected chi connectivity index (χ1v) is 11.0. The Morgan fingerprint density at radius 1 is 1.07 bits per heavy atom. The first-order valence-electron chi connectivity index (χ1n) is 8.59. The average molecular weight is 412 g/mol. The Balaban J connectivity index is 1.52. The number of nitrogens with zero attached hydrogens (tertiary/aromatic N) is 1. The van der Waals surface area contributed by atoms with Gasteiger partial charge in [0, 0.05) is 16.0 Å². The number of fused-ring (bicyclic) bond motifs is 1. The summed E-state index contributed by atoms with van der Waals surface area (Å²) in [6, 6.07) is 17.2. The van der Waals surface area contributed by atoms with Gasteiger partial charge in [-0.05, 0) is 41.3 Å². The normalized spacial score (nSPS) is 12.9. The fraction of sp³-hybridized carbons (Fsp3) is 0.100. The maximum atomic E-state index is 12.6. The molecule has 6 nitrogen and oxygen atoms in total. The summed E-state index contributed by atoms with van der Waals surface area (Å²) in [5, 5.41) is 4.83. The number of sulfonamides is 1. The van der Waals surface area contributed by atoms with Crippen LogP contribution in [0.15, 0.2) is 75.9 Å². The molecule has 0 saturated carbocycles. The summed E-state index contributed by atoms with van der Waals surface area (Å²) in [5.74, 6) is 0.0418. The van der Waals surface area contributed by atoms with Crippen LogP contribution in [0.5, 0.6) is 0 Å². The summed E-state index contributed by atoms with van der Waals surface area (Å²) in [6.07, 6.45) is 0. The number of carbonyl (C=O) groups excluding carboxylic acids is 1. The van der Waals surface area contributed by atoms with E-state index in [2.05, 4.69) is 15.0 Å². The van der Waals surface area contributed by atoms with Crippen LogP contribution in [0.25, 0.3) is 0 Å². The lowest BCUT2D eigenvalue weighted by molar-refractivity contribution is 0.0951. The van der Waals surface area contributed by atoms with Crippen molar-refractivity contribution in [2.24, 2.45) is 4.99 Å². The Morgan fingerprint density at radius 3 is 2.64 bits per heavy atom. The van der Waals surface area contributed by atoms with E-state index < -0.39 is 10.0 Å². The molecule has 0 atom stereocenters. The molecule has 2 heterocycles. The standard InChI is InChI=1S/C20H17N3O3S2/c24-20(22-13-16-5-4-10-27-16)14-8-9-15-12-21-19(18(15)11-14)23-28(25,26)17-6-2-1-3-7-17/h1-11H,12-13H2,(H,21,23)(H,22,24). The Labute approximate surface area is 167 Å². The smallest absolute Gasteiger partial charge is 0.263 e. The highest BCUT2D eigenvalue weighted by atomic mass is 32.2. The molecule has 1 amide bonds. The lowest BCUT2D eigenvalue weighted by atomic mass is 10.0. The minimum atomic E-state index is -3.74. The van der Waals surface area contributed by atoms with Gasteiger partial charge >= 0.3 is 0 Å². The summed E-state index contributed by atoms with van der Waals surface area (Å²) in [5.41, 5.74) is 1.97. The van der Waals surface area contributed by atoms with E-state index in [9.17, 15) is 13.2 Å². The Hall–Kier alpha value is -2.97. The van der Waals surface area contributed by atoms with E-state index in [0.29, 0.717) is 24.2 Å². The molecule has 0 radical (unpaired) electrons. The summed E-state index contributed by atoms with van der Waals surface area (Å²) >= 11 is 1.57. The molecule has 0 fully saturated rings. The second-order valence-corrected chi connectivity index (χ2v) is 8.93. The summed E-state index contributed by atoms with van der Waals surface area (Å²) in [4.78, 5) is 18.0. The van der Waals surface area contributed by atoms with Gasteiger partial charge in [-0.25, -0.2) is 8.42 Å². The van der Waals surface area contributed by atoms with Gasteiger partial charge in [-0.1, -0.05) is 30.3 Å². The number of rotatable bonds is 5. The lowest BCUT2D eigenvalue weighted by Gasteiger charge is -2.10. The van der Waals surface area contributed by atoms with Crippen molar-refractivity contribution in [3.8, 4) is 0 Å². The predicted octanol–water partition coefficient (Wildman–Crippen LogP) is 2.92. The van der Waals surface area contributed by atoms with E-state index in [-0.39, 0.29) is 16.6 Å². The monoisotopic (exact) mass is 411 g/mol. The Morgan fingerprint density at radius 2 is 1.89 bits per heavy atom. The third-order valence-electron chi connectivity index (χ3n) is 4.32. The highest BCUT2D eigenvalue weighted by Gasteiger charge is 2.23. The van der Waals surface area contributed by atoms with Gasteiger partial charge in [0.05, 0.1) is 18.0 Å². The molecule has 4 rings (SSSR count). The van der Waals surface area contributed by atoms with E-state index in [1.807, 2.05) is 23.6 Å². The Bertz CT molecular complexity index is 1140. The number of amides is 1. The fourth-order valence-corrected chi connectivity index (χ4v) is 4.59. The van der Waals surface area contributed by atoms with Crippen molar-refractivity contribution >= 4 is 33.1 Å². The maximum absolute atomic E-state index is 12.6. The van der Waals surface area contributed by atoms with Crippen LogP contribution < -0.4 is 10.0 Å². The van der Waals surface area contributed by atoms with Gasteiger partial charge in [-0.3, -0.25) is 14.5 Å².